The zero-order valence-electron chi connectivity index (χ0n) is 16.3. The Bertz CT molecular complexity index is 1150. The van der Waals surface area contributed by atoms with E-state index in [1.807, 2.05) is 39.0 Å². The third-order valence-electron chi connectivity index (χ3n) is 4.51. The van der Waals surface area contributed by atoms with Gasteiger partial charge in [-0.1, -0.05) is 35.9 Å². The van der Waals surface area contributed by atoms with Crippen molar-refractivity contribution in [2.75, 3.05) is 10.0 Å². The minimum Gasteiger partial charge on any atom is -0.322 e. The van der Waals surface area contributed by atoms with Crippen LogP contribution in [0.15, 0.2) is 65.6 Å². The van der Waals surface area contributed by atoms with Gasteiger partial charge in [0.05, 0.1) is 21.2 Å². The predicted molar refractivity (Wildman–Crippen MR) is 117 cm³/mol. The lowest BCUT2D eigenvalue weighted by molar-refractivity contribution is 0.102. The molecule has 1 amide bonds. The van der Waals surface area contributed by atoms with Gasteiger partial charge in [-0.25, -0.2) is 8.42 Å². The molecular formula is C22H21ClN2O3S. The summed E-state index contributed by atoms with van der Waals surface area (Å²) in [5.74, 6) is -0.362. The first-order chi connectivity index (χ1) is 13.7. The van der Waals surface area contributed by atoms with Crippen molar-refractivity contribution in [1.82, 2.24) is 0 Å². The molecule has 0 aromatic heterocycles. The van der Waals surface area contributed by atoms with E-state index in [2.05, 4.69) is 10.0 Å². The molecule has 29 heavy (non-hydrogen) atoms. The topological polar surface area (TPSA) is 75.3 Å². The molecule has 3 aromatic carbocycles. The summed E-state index contributed by atoms with van der Waals surface area (Å²) in [5, 5.41) is 3.09. The lowest BCUT2D eigenvalue weighted by Gasteiger charge is -2.13. The predicted octanol–water partition coefficient (Wildman–Crippen LogP) is 5.32. The normalized spacial score (nSPS) is 11.2. The fourth-order valence-corrected chi connectivity index (χ4v) is 4.41. The molecule has 2 N–H and O–H groups in total. The molecule has 3 aromatic rings. The maximum absolute atomic E-state index is 12.7. The van der Waals surface area contributed by atoms with Gasteiger partial charge in [0.1, 0.15) is 0 Å². The molecule has 0 saturated carbocycles. The van der Waals surface area contributed by atoms with Crippen molar-refractivity contribution in [3.63, 3.8) is 0 Å². The van der Waals surface area contributed by atoms with E-state index in [0.29, 0.717) is 22.0 Å². The second-order valence-electron chi connectivity index (χ2n) is 6.83. The Morgan fingerprint density at radius 1 is 0.897 bits per heavy atom. The van der Waals surface area contributed by atoms with Crippen LogP contribution in [0, 0.1) is 20.8 Å². The molecule has 0 spiro atoms. The third kappa shape index (κ3) is 4.78. The molecule has 0 aliphatic carbocycles. The van der Waals surface area contributed by atoms with Gasteiger partial charge in [-0.15, -0.1) is 0 Å². The number of carbonyl (C=O) groups excluding carboxylic acids is 1. The van der Waals surface area contributed by atoms with Gasteiger partial charge in [0.2, 0.25) is 0 Å². The fourth-order valence-electron chi connectivity index (χ4n) is 2.89. The molecular weight excluding hydrogens is 408 g/mol. The molecule has 7 heteroatoms. The van der Waals surface area contributed by atoms with Crippen LogP contribution in [0.3, 0.4) is 0 Å². The summed E-state index contributed by atoms with van der Waals surface area (Å²) >= 11 is 6.13. The zero-order valence-corrected chi connectivity index (χ0v) is 17.9. The Morgan fingerprint density at radius 3 is 2.10 bits per heavy atom. The van der Waals surface area contributed by atoms with E-state index in [-0.39, 0.29) is 10.8 Å². The SMILES string of the molecule is Cc1ccc(C(=O)Nc2ccc(S(=O)(=O)Nc3c(C)cccc3C)cc2)c(Cl)c1. The second kappa shape index (κ2) is 8.27. The third-order valence-corrected chi connectivity index (χ3v) is 6.19. The number of hydrogen-bond acceptors (Lipinski definition) is 3. The van der Waals surface area contributed by atoms with Gasteiger partial charge in [0.15, 0.2) is 0 Å². The standard InChI is InChI=1S/C22H21ClN2O3S/c1-14-7-12-19(20(23)13-14)22(26)24-17-8-10-18(11-9-17)29(27,28)25-21-15(2)5-4-6-16(21)3/h4-13,25H,1-3H3,(H,24,26). The van der Waals surface area contributed by atoms with Gasteiger partial charge in [-0.05, 0) is 73.9 Å². The minimum absolute atomic E-state index is 0.103. The second-order valence-corrected chi connectivity index (χ2v) is 8.92. The quantitative estimate of drug-likeness (QED) is 0.577. The van der Waals surface area contributed by atoms with Gasteiger partial charge < -0.3 is 5.32 Å². The fraction of sp³-hybridized carbons (Fsp3) is 0.136. The molecule has 0 fully saturated rings. The summed E-state index contributed by atoms with van der Waals surface area (Å²) in [4.78, 5) is 12.5. The summed E-state index contributed by atoms with van der Waals surface area (Å²) in [6.07, 6.45) is 0. The summed E-state index contributed by atoms with van der Waals surface area (Å²) in [7, 11) is -3.75. The van der Waals surface area contributed by atoms with E-state index in [4.69, 9.17) is 11.6 Å². The lowest BCUT2D eigenvalue weighted by Crippen LogP contribution is -2.15. The number of hydrogen-bond donors (Lipinski definition) is 2. The molecule has 0 radical (unpaired) electrons. The van der Waals surface area contributed by atoms with Crippen LogP contribution in [0.1, 0.15) is 27.0 Å². The van der Waals surface area contributed by atoms with Crippen LogP contribution < -0.4 is 10.0 Å². The van der Waals surface area contributed by atoms with Crippen LogP contribution in [0.2, 0.25) is 5.02 Å². The number of sulfonamides is 1. The highest BCUT2D eigenvalue weighted by molar-refractivity contribution is 7.92. The highest BCUT2D eigenvalue weighted by Gasteiger charge is 2.17. The number of aryl methyl sites for hydroxylation is 3. The van der Waals surface area contributed by atoms with Crippen molar-refractivity contribution in [1.29, 1.82) is 0 Å². The summed E-state index contributed by atoms with van der Waals surface area (Å²) in [5.41, 5.74) is 4.03. The summed E-state index contributed by atoms with van der Waals surface area (Å²) in [6, 6.07) is 16.7. The van der Waals surface area contributed by atoms with Crippen LogP contribution in [-0.2, 0) is 10.0 Å². The number of amides is 1. The van der Waals surface area contributed by atoms with Crippen molar-refractivity contribution in [3.8, 4) is 0 Å². The first kappa shape index (κ1) is 20.9. The molecule has 0 aliphatic rings. The molecule has 0 bridgehead atoms. The van der Waals surface area contributed by atoms with Crippen LogP contribution in [0.5, 0.6) is 0 Å². The number of anilines is 2. The maximum atomic E-state index is 12.7. The Morgan fingerprint density at radius 2 is 1.52 bits per heavy atom. The molecule has 150 valence electrons. The highest BCUT2D eigenvalue weighted by Crippen LogP contribution is 2.24. The van der Waals surface area contributed by atoms with Gasteiger partial charge in [0, 0.05) is 5.69 Å². The Kier molecular flexibility index (Phi) is 5.96. The lowest BCUT2D eigenvalue weighted by atomic mass is 10.1. The van der Waals surface area contributed by atoms with E-state index in [1.165, 1.54) is 12.1 Å². The highest BCUT2D eigenvalue weighted by atomic mass is 35.5. The van der Waals surface area contributed by atoms with Crippen molar-refractivity contribution in [2.45, 2.75) is 25.7 Å². The maximum Gasteiger partial charge on any atom is 0.261 e. The van der Waals surface area contributed by atoms with Crippen LogP contribution in [0.4, 0.5) is 11.4 Å². The van der Waals surface area contributed by atoms with Gasteiger partial charge in [-0.3, -0.25) is 9.52 Å². The average molecular weight is 429 g/mol. The van der Waals surface area contributed by atoms with E-state index < -0.39 is 10.0 Å². The Labute approximate surface area is 175 Å². The molecule has 0 aliphatic heterocycles. The average Bonchev–Trinajstić information content (AvgIpc) is 2.65. The largest absolute Gasteiger partial charge is 0.322 e. The number of para-hydroxylation sites is 1. The van der Waals surface area contributed by atoms with Crippen molar-refractivity contribution in [3.05, 3.63) is 87.9 Å². The monoisotopic (exact) mass is 428 g/mol. The first-order valence-corrected chi connectivity index (χ1v) is 10.8. The molecule has 0 atom stereocenters. The van der Waals surface area contributed by atoms with Crippen LogP contribution in [-0.4, -0.2) is 14.3 Å². The van der Waals surface area contributed by atoms with Crippen molar-refractivity contribution >= 4 is 38.9 Å². The first-order valence-electron chi connectivity index (χ1n) is 8.94. The number of halogens is 1. The summed E-state index contributed by atoms with van der Waals surface area (Å²) < 4.78 is 28.1. The smallest absolute Gasteiger partial charge is 0.261 e. The number of rotatable bonds is 5. The molecule has 0 heterocycles. The molecule has 3 rings (SSSR count). The van der Waals surface area contributed by atoms with Gasteiger partial charge >= 0.3 is 0 Å². The van der Waals surface area contributed by atoms with Crippen molar-refractivity contribution < 1.29 is 13.2 Å². The Balaban J connectivity index is 1.78. The van der Waals surface area contributed by atoms with E-state index in [0.717, 1.165) is 16.7 Å². The minimum atomic E-state index is -3.75. The van der Waals surface area contributed by atoms with Gasteiger partial charge in [0.25, 0.3) is 15.9 Å². The number of carbonyl (C=O) groups is 1. The zero-order chi connectivity index (χ0) is 21.2. The van der Waals surface area contributed by atoms with E-state index in [9.17, 15) is 13.2 Å². The van der Waals surface area contributed by atoms with E-state index >= 15 is 0 Å². The molecule has 0 saturated heterocycles. The number of nitrogens with one attached hydrogen (secondary N) is 2. The van der Waals surface area contributed by atoms with Crippen LogP contribution in [0.25, 0.3) is 0 Å². The van der Waals surface area contributed by atoms with Gasteiger partial charge in [-0.2, -0.15) is 0 Å². The number of benzene rings is 3. The Hall–Kier alpha value is -2.83. The summed E-state index contributed by atoms with van der Waals surface area (Å²) in [6.45, 7) is 5.58. The molecule has 5 nitrogen and oxygen atoms in total. The van der Waals surface area contributed by atoms with Crippen LogP contribution >= 0.6 is 11.6 Å². The van der Waals surface area contributed by atoms with Crippen molar-refractivity contribution in [2.24, 2.45) is 0 Å². The van der Waals surface area contributed by atoms with E-state index in [1.54, 1.807) is 30.3 Å². The molecule has 0 unspecified atom stereocenters.